The summed E-state index contributed by atoms with van der Waals surface area (Å²) in [7, 11) is 0. The predicted molar refractivity (Wildman–Crippen MR) is 79.0 cm³/mol. The van der Waals surface area contributed by atoms with E-state index in [0.29, 0.717) is 0 Å². The molecule has 1 aliphatic rings. The summed E-state index contributed by atoms with van der Waals surface area (Å²) in [5.74, 6) is 0. The van der Waals surface area contributed by atoms with Crippen molar-refractivity contribution in [3.8, 4) is 11.1 Å². The lowest BCUT2D eigenvalue weighted by molar-refractivity contribution is 0.527. The van der Waals surface area contributed by atoms with Crippen LogP contribution in [0.25, 0.3) is 11.1 Å². The topological polar surface area (TPSA) is 3.24 Å². The lowest BCUT2D eigenvalue weighted by Crippen LogP contribution is -2.11. The van der Waals surface area contributed by atoms with E-state index >= 15 is 0 Å². The summed E-state index contributed by atoms with van der Waals surface area (Å²) in [6.07, 6.45) is 2.20. The van der Waals surface area contributed by atoms with Gasteiger partial charge in [0.2, 0.25) is 0 Å². The Balaban J connectivity index is 1.90. The van der Waals surface area contributed by atoms with Crippen LogP contribution in [0.2, 0.25) is 0 Å². The van der Waals surface area contributed by atoms with E-state index in [1.807, 2.05) is 0 Å². The van der Waals surface area contributed by atoms with Gasteiger partial charge in [0.05, 0.1) is 0 Å². The summed E-state index contributed by atoms with van der Waals surface area (Å²) in [5.41, 5.74) is 4.02. The van der Waals surface area contributed by atoms with E-state index in [1.165, 1.54) is 16.7 Å². The third kappa shape index (κ3) is 2.50. The Kier molecular flexibility index (Phi) is 3.49. The molecule has 0 saturated carbocycles. The zero-order valence-corrected chi connectivity index (χ0v) is 10.9. The highest BCUT2D eigenvalue weighted by Gasteiger charge is 2.11. The summed E-state index contributed by atoms with van der Waals surface area (Å²) < 4.78 is 2.36. The first-order valence-corrected chi connectivity index (χ1v) is 6.97. The third-order valence-electron chi connectivity index (χ3n) is 3.06. The van der Waals surface area contributed by atoms with E-state index in [9.17, 15) is 0 Å². The van der Waals surface area contributed by atoms with Gasteiger partial charge >= 0.3 is 0 Å². The molecule has 1 nitrogen and oxygen atoms in total. The van der Waals surface area contributed by atoms with Crippen LogP contribution in [0.5, 0.6) is 0 Å². The van der Waals surface area contributed by atoms with E-state index in [2.05, 4.69) is 70.4 Å². The van der Waals surface area contributed by atoms with Crippen LogP contribution in [0.1, 0.15) is 5.56 Å². The molecule has 90 valence electrons. The lowest BCUT2D eigenvalue weighted by atomic mass is 10.00. The summed E-state index contributed by atoms with van der Waals surface area (Å²) in [5, 5.41) is 2.16. The minimum absolute atomic E-state index is 0.989. The molecule has 0 aliphatic carbocycles. The van der Waals surface area contributed by atoms with Crippen LogP contribution in [0.4, 0.5) is 0 Å². The van der Waals surface area contributed by atoms with Crippen molar-refractivity contribution in [1.82, 2.24) is 4.31 Å². The molecule has 0 bridgehead atoms. The first-order valence-electron chi connectivity index (χ1n) is 6.13. The highest BCUT2D eigenvalue weighted by atomic mass is 32.2. The normalized spacial score (nSPS) is 15.1. The molecule has 2 aromatic rings. The zero-order valence-electron chi connectivity index (χ0n) is 10.1. The van der Waals surface area contributed by atoms with Gasteiger partial charge < -0.3 is 0 Å². The molecule has 1 aliphatic heterocycles. The molecule has 0 unspecified atom stereocenters. The van der Waals surface area contributed by atoms with Crippen LogP contribution in [0.3, 0.4) is 0 Å². The maximum atomic E-state index is 2.36. The smallest absolute Gasteiger partial charge is 0.0353 e. The van der Waals surface area contributed by atoms with Crippen molar-refractivity contribution in [3.63, 3.8) is 0 Å². The van der Waals surface area contributed by atoms with Crippen molar-refractivity contribution >= 4 is 11.9 Å². The molecule has 0 saturated heterocycles. The Morgan fingerprint density at radius 1 is 0.944 bits per heavy atom. The Bertz CT molecular complexity index is 540. The number of benzene rings is 2. The molecule has 0 aromatic heterocycles. The van der Waals surface area contributed by atoms with Gasteiger partial charge in [-0.05, 0) is 34.0 Å². The predicted octanol–water partition coefficient (Wildman–Crippen LogP) is 4.33. The van der Waals surface area contributed by atoms with E-state index in [1.54, 1.807) is 11.9 Å². The molecule has 0 atom stereocenters. The fourth-order valence-electron chi connectivity index (χ4n) is 2.18. The Morgan fingerprint density at radius 3 is 2.50 bits per heavy atom. The van der Waals surface area contributed by atoms with E-state index in [0.717, 1.165) is 13.1 Å². The average molecular weight is 253 g/mol. The number of nitrogens with zero attached hydrogens (tertiary/aromatic N) is 1. The van der Waals surface area contributed by atoms with Crippen molar-refractivity contribution in [1.29, 1.82) is 0 Å². The Morgan fingerprint density at radius 2 is 1.72 bits per heavy atom. The van der Waals surface area contributed by atoms with Crippen molar-refractivity contribution in [2.45, 2.75) is 6.54 Å². The van der Waals surface area contributed by atoms with Crippen molar-refractivity contribution in [2.75, 3.05) is 6.54 Å². The SMILES string of the molecule is C1=CSN(Cc2ccccc2-c2ccccc2)C1. The van der Waals surface area contributed by atoms with Gasteiger partial charge in [0.1, 0.15) is 0 Å². The zero-order chi connectivity index (χ0) is 12.2. The maximum absolute atomic E-state index is 2.36. The molecule has 3 rings (SSSR count). The second kappa shape index (κ2) is 5.42. The molecule has 2 aromatic carbocycles. The van der Waals surface area contributed by atoms with Crippen LogP contribution in [0, 0.1) is 0 Å². The molecule has 2 heteroatoms. The Hall–Kier alpha value is -1.51. The first-order chi connectivity index (χ1) is 8.93. The van der Waals surface area contributed by atoms with Crippen molar-refractivity contribution < 1.29 is 0 Å². The molecule has 0 spiro atoms. The summed E-state index contributed by atoms with van der Waals surface area (Å²) in [6, 6.07) is 19.3. The highest BCUT2D eigenvalue weighted by molar-refractivity contribution is 8.00. The molecule has 18 heavy (non-hydrogen) atoms. The van der Waals surface area contributed by atoms with Crippen LogP contribution < -0.4 is 0 Å². The number of hydrogen-bond donors (Lipinski definition) is 0. The maximum Gasteiger partial charge on any atom is 0.0353 e. The monoisotopic (exact) mass is 253 g/mol. The molecular weight excluding hydrogens is 238 g/mol. The minimum atomic E-state index is 0.989. The molecule has 1 heterocycles. The lowest BCUT2D eigenvalue weighted by Gasteiger charge is -2.16. The minimum Gasteiger partial charge on any atom is -0.239 e. The van der Waals surface area contributed by atoms with Crippen LogP contribution in [-0.2, 0) is 6.54 Å². The van der Waals surface area contributed by atoms with Crippen molar-refractivity contribution in [2.24, 2.45) is 0 Å². The van der Waals surface area contributed by atoms with E-state index in [-0.39, 0.29) is 0 Å². The largest absolute Gasteiger partial charge is 0.239 e. The van der Waals surface area contributed by atoms with Gasteiger partial charge in [-0.15, -0.1) is 0 Å². The van der Waals surface area contributed by atoms with Crippen molar-refractivity contribution in [3.05, 3.63) is 71.6 Å². The van der Waals surface area contributed by atoms with Gasteiger partial charge in [-0.2, -0.15) is 0 Å². The highest BCUT2D eigenvalue weighted by Crippen LogP contribution is 2.28. The number of hydrogen-bond acceptors (Lipinski definition) is 2. The van der Waals surface area contributed by atoms with Gasteiger partial charge in [0.15, 0.2) is 0 Å². The van der Waals surface area contributed by atoms with Gasteiger partial charge in [-0.25, -0.2) is 4.31 Å². The second-order valence-corrected chi connectivity index (χ2v) is 5.32. The van der Waals surface area contributed by atoms with Crippen LogP contribution >= 0.6 is 11.9 Å². The molecule has 0 radical (unpaired) electrons. The van der Waals surface area contributed by atoms with Gasteiger partial charge in [-0.3, -0.25) is 0 Å². The molecule has 0 amide bonds. The number of rotatable bonds is 3. The molecular formula is C16H15NS. The van der Waals surface area contributed by atoms with Gasteiger partial charge in [0.25, 0.3) is 0 Å². The standard InChI is InChI=1S/C16H15NS/c1-2-7-14(8-3-1)16-10-5-4-9-15(16)13-17-11-6-12-18-17/h1-10,12H,11,13H2. The Labute approximate surface area is 112 Å². The van der Waals surface area contributed by atoms with E-state index < -0.39 is 0 Å². The average Bonchev–Trinajstić information content (AvgIpc) is 2.93. The van der Waals surface area contributed by atoms with Crippen LogP contribution in [0.15, 0.2) is 66.1 Å². The summed E-state index contributed by atoms with van der Waals surface area (Å²) >= 11 is 1.79. The quantitative estimate of drug-likeness (QED) is 0.749. The summed E-state index contributed by atoms with van der Waals surface area (Å²) in [4.78, 5) is 0. The molecule has 0 fully saturated rings. The second-order valence-electron chi connectivity index (χ2n) is 4.32. The van der Waals surface area contributed by atoms with Gasteiger partial charge in [0, 0.05) is 13.1 Å². The third-order valence-corrected chi connectivity index (χ3v) is 3.95. The van der Waals surface area contributed by atoms with Crippen LogP contribution in [-0.4, -0.2) is 10.8 Å². The van der Waals surface area contributed by atoms with Gasteiger partial charge in [-0.1, -0.05) is 60.7 Å². The molecule has 0 N–H and O–H groups in total. The van der Waals surface area contributed by atoms with E-state index in [4.69, 9.17) is 0 Å². The summed E-state index contributed by atoms with van der Waals surface area (Å²) in [6.45, 7) is 2.02. The first kappa shape index (κ1) is 11.6. The fraction of sp³-hybridized carbons (Fsp3) is 0.125. The fourth-order valence-corrected chi connectivity index (χ4v) is 2.91.